The lowest BCUT2D eigenvalue weighted by Crippen LogP contribution is -2.49. The Labute approximate surface area is 128 Å². The van der Waals surface area contributed by atoms with Gasteiger partial charge in [-0.2, -0.15) is 0 Å². The second-order valence-corrected chi connectivity index (χ2v) is 7.27. The fourth-order valence-corrected chi connectivity index (χ4v) is 4.91. The molecule has 120 valence electrons. The van der Waals surface area contributed by atoms with Crippen LogP contribution in [-0.4, -0.2) is 41.6 Å². The number of carbonyl (C=O) groups is 1. The van der Waals surface area contributed by atoms with Crippen LogP contribution in [0.5, 0.6) is 0 Å². The number of carbonyl (C=O) groups excluding carboxylic acids is 1. The molecule has 2 N–H and O–H groups in total. The topological polar surface area (TPSA) is 55.6 Å². The molecule has 0 radical (unpaired) electrons. The van der Waals surface area contributed by atoms with E-state index < -0.39 is 5.54 Å². The fraction of sp³-hybridized carbons (Fsp3) is 0.941. The van der Waals surface area contributed by atoms with Gasteiger partial charge in [-0.25, -0.2) is 0 Å². The number of esters is 1. The number of likely N-dealkylation sites (tertiary alicyclic amines) is 1. The van der Waals surface area contributed by atoms with Gasteiger partial charge >= 0.3 is 5.97 Å². The van der Waals surface area contributed by atoms with Crippen molar-refractivity contribution in [2.75, 3.05) is 13.2 Å². The van der Waals surface area contributed by atoms with Crippen LogP contribution in [0.2, 0.25) is 0 Å². The first-order chi connectivity index (χ1) is 10.1. The Morgan fingerprint density at radius 2 is 2.00 bits per heavy atom. The Kier molecular flexibility index (Phi) is 4.55. The first-order valence-corrected chi connectivity index (χ1v) is 8.86. The van der Waals surface area contributed by atoms with E-state index in [1.807, 2.05) is 6.92 Å². The summed E-state index contributed by atoms with van der Waals surface area (Å²) in [6, 6.07) is 1.24. The predicted octanol–water partition coefficient (Wildman–Crippen LogP) is 2.45. The number of hydrogen-bond donors (Lipinski definition) is 1. The van der Waals surface area contributed by atoms with Crippen molar-refractivity contribution in [3.8, 4) is 0 Å². The molecule has 3 fully saturated rings. The standard InChI is InChI=1S/C17H30N2O2/c1-2-21-16(20)17(18)10-9-14(12-17)19-11-5-8-15(19)13-6-3-4-7-13/h13-15H,2-12,18H2,1H3. The van der Waals surface area contributed by atoms with Crippen LogP contribution in [0, 0.1) is 5.92 Å². The van der Waals surface area contributed by atoms with Gasteiger partial charge in [0.2, 0.25) is 0 Å². The number of nitrogens with zero attached hydrogens (tertiary/aromatic N) is 1. The minimum Gasteiger partial charge on any atom is -0.465 e. The molecule has 1 heterocycles. The van der Waals surface area contributed by atoms with E-state index in [2.05, 4.69) is 4.90 Å². The summed E-state index contributed by atoms with van der Waals surface area (Å²) < 4.78 is 5.18. The van der Waals surface area contributed by atoms with Gasteiger partial charge in [0.1, 0.15) is 5.54 Å². The summed E-state index contributed by atoms with van der Waals surface area (Å²) in [5.41, 5.74) is 5.61. The van der Waals surface area contributed by atoms with Gasteiger partial charge in [0.15, 0.2) is 0 Å². The minimum absolute atomic E-state index is 0.191. The molecule has 3 rings (SSSR count). The smallest absolute Gasteiger partial charge is 0.326 e. The maximum atomic E-state index is 12.1. The maximum Gasteiger partial charge on any atom is 0.326 e. The van der Waals surface area contributed by atoms with E-state index >= 15 is 0 Å². The minimum atomic E-state index is -0.733. The molecule has 0 spiro atoms. The van der Waals surface area contributed by atoms with Gasteiger partial charge in [0.05, 0.1) is 6.61 Å². The van der Waals surface area contributed by atoms with Gasteiger partial charge in [0, 0.05) is 12.1 Å². The number of ether oxygens (including phenoxy) is 1. The van der Waals surface area contributed by atoms with E-state index in [1.54, 1.807) is 0 Å². The summed E-state index contributed by atoms with van der Waals surface area (Å²) in [6.07, 6.45) is 10.9. The Balaban J connectivity index is 1.63. The molecule has 0 amide bonds. The Morgan fingerprint density at radius 3 is 2.71 bits per heavy atom. The van der Waals surface area contributed by atoms with Crippen molar-refractivity contribution in [3.63, 3.8) is 0 Å². The van der Waals surface area contributed by atoms with Crippen molar-refractivity contribution in [1.82, 2.24) is 4.90 Å². The van der Waals surface area contributed by atoms with Crippen LogP contribution >= 0.6 is 0 Å². The van der Waals surface area contributed by atoms with Crippen LogP contribution < -0.4 is 5.73 Å². The van der Waals surface area contributed by atoms with Crippen LogP contribution in [0.25, 0.3) is 0 Å². The molecule has 0 bridgehead atoms. The van der Waals surface area contributed by atoms with Crippen molar-refractivity contribution >= 4 is 5.97 Å². The molecule has 21 heavy (non-hydrogen) atoms. The van der Waals surface area contributed by atoms with Gasteiger partial charge in [-0.1, -0.05) is 12.8 Å². The third-order valence-electron chi connectivity index (χ3n) is 5.96. The fourth-order valence-electron chi connectivity index (χ4n) is 4.91. The highest BCUT2D eigenvalue weighted by Crippen LogP contribution is 2.41. The zero-order chi connectivity index (χ0) is 14.9. The lowest BCUT2D eigenvalue weighted by Gasteiger charge is -2.35. The van der Waals surface area contributed by atoms with Crippen molar-refractivity contribution in [1.29, 1.82) is 0 Å². The molecule has 0 aromatic rings. The zero-order valence-corrected chi connectivity index (χ0v) is 13.4. The molecule has 3 atom stereocenters. The second-order valence-electron chi connectivity index (χ2n) is 7.27. The van der Waals surface area contributed by atoms with Crippen molar-refractivity contribution in [3.05, 3.63) is 0 Å². The molecule has 3 aliphatic rings. The summed E-state index contributed by atoms with van der Waals surface area (Å²) >= 11 is 0. The van der Waals surface area contributed by atoms with Crippen molar-refractivity contribution < 1.29 is 9.53 Å². The second kappa shape index (κ2) is 6.25. The molecule has 4 heteroatoms. The quantitative estimate of drug-likeness (QED) is 0.809. The SMILES string of the molecule is CCOC(=O)C1(N)CCC(N2CCCC2C2CCCC2)C1. The average Bonchev–Trinajstić information content (AvgIpc) is 3.18. The van der Waals surface area contributed by atoms with Gasteiger partial charge in [-0.05, 0) is 64.3 Å². The number of nitrogens with two attached hydrogens (primary N) is 1. The molecular weight excluding hydrogens is 264 g/mol. The first kappa shape index (κ1) is 15.3. The lowest BCUT2D eigenvalue weighted by atomic mass is 9.94. The first-order valence-electron chi connectivity index (χ1n) is 8.86. The summed E-state index contributed by atoms with van der Waals surface area (Å²) in [6.45, 7) is 3.48. The van der Waals surface area contributed by atoms with Crippen molar-refractivity contribution in [2.45, 2.75) is 82.3 Å². The highest BCUT2D eigenvalue weighted by Gasteiger charge is 2.47. The number of hydrogen-bond acceptors (Lipinski definition) is 4. The number of rotatable bonds is 4. The van der Waals surface area contributed by atoms with E-state index in [4.69, 9.17) is 10.5 Å². The Hall–Kier alpha value is -0.610. The largest absolute Gasteiger partial charge is 0.465 e. The summed E-state index contributed by atoms with van der Waals surface area (Å²) in [5.74, 6) is 0.701. The average molecular weight is 294 g/mol. The van der Waals surface area contributed by atoms with Gasteiger partial charge in [-0.3, -0.25) is 9.69 Å². The molecule has 0 aromatic heterocycles. The van der Waals surface area contributed by atoms with E-state index in [1.165, 1.54) is 45.1 Å². The molecule has 1 saturated heterocycles. The van der Waals surface area contributed by atoms with Crippen LogP contribution in [0.1, 0.15) is 64.7 Å². The van der Waals surface area contributed by atoms with Crippen LogP contribution in [-0.2, 0) is 9.53 Å². The predicted molar refractivity (Wildman–Crippen MR) is 82.9 cm³/mol. The van der Waals surface area contributed by atoms with E-state index in [0.29, 0.717) is 12.6 Å². The molecule has 2 aliphatic carbocycles. The molecule has 0 aromatic carbocycles. The highest BCUT2D eigenvalue weighted by atomic mass is 16.5. The molecular formula is C17H30N2O2. The molecule has 1 aliphatic heterocycles. The third-order valence-corrected chi connectivity index (χ3v) is 5.96. The van der Waals surface area contributed by atoms with E-state index in [0.717, 1.165) is 31.2 Å². The summed E-state index contributed by atoms with van der Waals surface area (Å²) in [4.78, 5) is 14.8. The highest BCUT2D eigenvalue weighted by molar-refractivity contribution is 5.81. The van der Waals surface area contributed by atoms with E-state index in [-0.39, 0.29) is 5.97 Å². The maximum absolute atomic E-state index is 12.1. The third kappa shape index (κ3) is 2.98. The monoisotopic (exact) mass is 294 g/mol. The Bertz CT molecular complexity index is 381. The Morgan fingerprint density at radius 1 is 1.24 bits per heavy atom. The zero-order valence-electron chi connectivity index (χ0n) is 13.4. The van der Waals surface area contributed by atoms with Crippen molar-refractivity contribution in [2.24, 2.45) is 11.7 Å². The summed E-state index contributed by atoms with van der Waals surface area (Å²) in [7, 11) is 0. The summed E-state index contributed by atoms with van der Waals surface area (Å²) in [5, 5.41) is 0. The van der Waals surface area contributed by atoms with Crippen LogP contribution in [0.4, 0.5) is 0 Å². The molecule has 3 unspecified atom stereocenters. The lowest BCUT2D eigenvalue weighted by molar-refractivity contribution is -0.149. The molecule has 2 saturated carbocycles. The van der Waals surface area contributed by atoms with E-state index in [9.17, 15) is 4.79 Å². The van der Waals surface area contributed by atoms with Gasteiger partial charge in [0.25, 0.3) is 0 Å². The molecule has 4 nitrogen and oxygen atoms in total. The van der Waals surface area contributed by atoms with Crippen LogP contribution in [0.3, 0.4) is 0 Å². The van der Waals surface area contributed by atoms with Gasteiger partial charge < -0.3 is 10.5 Å². The van der Waals surface area contributed by atoms with Gasteiger partial charge in [-0.15, -0.1) is 0 Å². The van der Waals surface area contributed by atoms with Crippen LogP contribution in [0.15, 0.2) is 0 Å². The normalized spacial score (nSPS) is 38.2.